The Morgan fingerprint density at radius 3 is 2.45 bits per heavy atom. The largest absolute Gasteiger partial charge is 0.573 e. The van der Waals surface area contributed by atoms with Crippen molar-refractivity contribution in [3.63, 3.8) is 0 Å². The van der Waals surface area contributed by atoms with Crippen molar-refractivity contribution in [3.05, 3.63) is 94.2 Å². The lowest BCUT2D eigenvalue weighted by Gasteiger charge is -2.33. The maximum atomic E-state index is 13.1. The molecule has 0 aliphatic carbocycles. The number of benzene rings is 3. The molecule has 3 aromatic rings. The number of likely N-dealkylation sites (N-methyl/N-ethyl adjacent to an activating group) is 1. The molecule has 0 radical (unpaired) electrons. The third kappa shape index (κ3) is 7.67. The first kappa shape index (κ1) is 31.0. The van der Waals surface area contributed by atoms with Gasteiger partial charge in [0.25, 0.3) is 5.91 Å². The normalized spacial score (nSPS) is 16.8. The van der Waals surface area contributed by atoms with Crippen LogP contribution in [0.5, 0.6) is 5.75 Å². The Labute approximate surface area is 249 Å². The van der Waals surface area contributed by atoms with Crippen molar-refractivity contribution < 1.29 is 37.0 Å². The Morgan fingerprint density at radius 1 is 1.07 bits per heavy atom. The standard InChI is InChI=1S/C29H26Cl2F3N3O5/c1-28(31)24(14-19-13-20(30)9-12-22(19)36-28)40-16-18-5-3-4-6-23(18)37(2)26(38)25(35)27(39)41-15-17-7-10-21(11-8-17)42-29(32,33)34/h3-14,25,36H,15-16,35H2,1-2H3. The predicted octanol–water partition coefficient (Wildman–Crippen LogP) is 6.21. The summed E-state index contributed by atoms with van der Waals surface area (Å²) in [6.45, 7) is 1.47. The average molecular weight is 624 g/mol. The molecule has 0 saturated heterocycles. The Balaban J connectivity index is 1.39. The van der Waals surface area contributed by atoms with Crippen LogP contribution in [0.25, 0.3) is 6.08 Å². The summed E-state index contributed by atoms with van der Waals surface area (Å²) >= 11 is 12.8. The number of amides is 1. The minimum atomic E-state index is -4.83. The fraction of sp³-hybridized carbons (Fsp3) is 0.241. The fourth-order valence-electron chi connectivity index (χ4n) is 4.11. The number of para-hydroxylation sites is 1. The van der Waals surface area contributed by atoms with E-state index in [2.05, 4.69) is 10.1 Å². The zero-order valence-corrected chi connectivity index (χ0v) is 23.9. The number of carbonyl (C=O) groups excluding carboxylic acids is 2. The summed E-state index contributed by atoms with van der Waals surface area (Å²) in [7, 11) is 1.46. The third-order valence-corrected chi connectivity index (χ3v) is 6.77. The average Bonchev–Trinajstić information content (AvgIpc) is 2.93. The number of fused-ring (bicyclic) bond motifs is 1. The lowest BCUT2D eigenvalue weighted by Crippen LogP contribution is -2.48. The van der Waals surface area contributed by atoms with E-state index < -0.39 is 35.0 Å². The zero-order valence-electron chi connectivity index (χ0n) is 22.4. The second-order valence-electron chi connectivity index (χ2n) is 9.46. The maximum absolute atomic E-state index is 13.1. The van der Waals surface area contributed by atoms with Crippen molar-refractivity contribution in [1.82, 2.24) is 0 Å². The molecule has 0 fully saturated rings. The number of nitrogens with two attached hydrogens (primary N) is 1. The first-order chi connectivity index (χ1) is 19.7. The van der Waals surface area contributed by atoms with Gasteiger partial charge in [-0.1, -0.05) is 53.5 Å². The van der Waals surface area contributed by atoms with Gasteiger partial charge in [0.2, 0.25) is 0 Å². The van der Waals surface area contributed by atoms with Gasteiger partial charge in [-0.05, 0) is 55.0 Å². The van der Waals surface area contributed by atoms with Crippen LogP contribution in [0, 0.1) is 0 Å². The van der Waals surface area contributed by atoms with Crippen LogP contribution in [0.2, 0.25) is 5.02 Å². The molecule has 0 aromatic heterocycles. The number of anilines is 2. The minimum absolute atomic E-state index is 0.0350. The summed E-state index contributed by atoms with van der Waals surface area (Å²) < 4.78 is 52.0. The van der Waals surface area contributed by atoms with Gasteiger partial charge in [-0.15, -0.1) is 13.2 Å². The molecule has 1 heterocycles. The van der Waals surface area contributed by atoms with Crippen LogP contribution < -0.4 is 20.7 Å². The van der Waals surface area contributed by atoms with Crippen LogP contribution >= 0.6 is 23.2 Å². The molecule has 4 rings (SSSR count). The zero-order chi connectivity index (χ0) is 30.7. The van der Waals surface area contributed by atoms with E-state index in [-0.39, 0.29) is 13.2 Å². The van der Waals surface area contributed by atoms with Gasteiger partial charge < -0.3 is 30.2 Å². The van der Waals surface area contributed by atoms with Crippen molar-refractivity contribution in [2.75, 3.05) is 17.3 Å². The summed E-state index contributed by atoms with van der Waals surface area (Å²) in [5, 5.41) is 3.75. The van der Waals surface area contributed by atoms with Gasteiger partial charge in [-0.3, -0.25) is 4.79 Å². The van der Waals surface area contributed by atoms with E-state index in [4.69, 9.17) is 38.4 Å². The van der Waals surface area contributed by atoms with E-state index in [0.717, 1.165) is 23.4 Å². The summed E-state index contributed by atoms with van der Waals surface area (Å²) in [6.07, 6.45) is -3.04. The Kier molecular flexibility index (Phi) is 9.24. The minimum Gasteiger partial charge on any atom is -0.489 e. The maximum Gasteiger partial charge on any atom is 0.573 e. The molecule has 3 aromatic carbocycles. The molecule has 2 unspecified atom stereocenters. The van der Waals surface area contributed by atoms with Crippen LogP contribution in [0.4, 0.5) is 24.5 Å². The number of hydrogen-bond acceptors (Lipinski definition) is 7. The Bertz CT molecular complexity index is 1500. The molecule has 1 amide bonds. The van der Waals surface area contributed by atoms with Crippen molar-refractivity contribution in [2.45, 2.75) is 37.5 Å². The van der Waals surface area contributed by atoms with Crippen LogP contribution in [0.1, 0.15) is 23.6 Å². The van der Waals surface area contributed by atoms with Crippen molar-refractivity contribution >= 4 is 52.5 Å². The topological polar surface area (TPSA) is 103 Å². The van der Waals surface area contributed by atoms with Gasteiger partial charge in [-0.25, -0.2) is 4.79 Å². The molecule has 3 N–H and O–H groups in total. The van der Waals surface area contributed by atoms with E-state index in [0.29, 0.717) is 27.6 Å². The Morgan fingerprint density at radius 2 is 1.76 bits per heavy atom. The lowest BCUT2D eigenvalue weighted by atomic mass is 10.0. The van der Waals surface area contributed by atoms with E-state index in [1.807, 2.05) is 6.07 Å². The van der Waals surface area contributed by atoms with E-state index in [1.165, 1.54) is 24.1 Å². The number of hydrogen-bond donors (Lipinski definition) is 2. The molecule has 1 aliphatic rings. The number of alkyl halides is 4. The van der Waals surface area contributed by atoms with E-state index >= 15 is 0 Å². The second-order valence-corrected chi connectivity index (χ2v) is 10.7. The van der Waals surface area contributed by atoms with Crippen LogP contribution in [-0.2, 0) is 32.3 Å². The van der Waals surface area contributed by atoms with Gasteiger partial charge in [0, 0.05) is 34.6 Å². The fourth-order valence-corrected chi connectivity index (χ4v) is 4.50. The highest BCUT2D eigenvalue weighted by atomic mass is 35.5. The first-order valence-electron chi connectivity index (χ1n) is 12.5. The van der Waals surface area contributed by atoms with Crippen LogP contribution in [0.3, 0.4) is 0 Å². The summed E-state index contributed by atoms with van der Waals surface area (Å²) in [5.74, 6) is -1.74. The van der Waals surface area contributed by atoms with Crippen molar-refractivity contribution in [3.8, 4) is 5.75 Å². The van der Waals surface area contributed by atoms with Crippen molar-refractivity contribution in [2.24, 2.45) is 5.73 Å². The number of ether oxygens (including phenoxy) is 3. The molecule has 0 saturated carbocycles. The number of nitrogens with zero attached hydrogens (tertiary/aromatic N) is 1. The second kappa shape index (κ2) is 12.5. The predicted molar refractivity (Wildman–Crippen MR) is 153 cm³/mol. The molecule has 222 valence electrons. The Hall–Kier alpha value is -3.93. The highest BCUT2D eigenvalue weighted by Crippen LogP contribution is 2.38. The molecule has 2 atom stereocenters. The van der Waals surface area contributed by atoms with Gasteiger partial charge in [0.1, 0.15) is 24.7 Å². The number of rotatable bonds is 9. The highest BCUT2D eigenvalue weighted by Gasteiger charge is 2.33. The number of halogens is 5. The number of esters is 1. The van der Waals surface area contributed by atoms with E-state index in [1.54, 1.807) is 49.4 Å². The van der Waals surface area contributed by atoms with E-state index in [9.17, 15) is 22.8 Å². The summed E-state index contributed by atoms with van der Waals surface area (Å²) in [6, 6.07) is 15.3. The molecule has 0 spiro atoms. The highest BCUT2D eigenvalue weighted by molar-refractivity contribution is 6.31. The van der Waals surface area contributed by atoms with Gasteiger partial charge in [0.15, 0.2) is 11.0 Å². The van der Waals surface area contributed by atoms with Crippen molar-refractivity contribution in [1.29, 1.82) is 0 Å². The molecular formula is C29H26Cl2F3N3O5. The number of carbonyl (C=O) groups is 2. The smallest absolute Gasteiger partial charge is 0.489 e. The van der Waals surface area contributed by atoms with Gasteiger partial charge >= 0.3 is 12.3 Å². The summed E-state index contributed by atoms with van der Waals surface area (Å²) in [5.41, 5.74) is 8.92. The lowest BCUT2D eigenvalue weighted by molar-refractivity contribution is -0.274. The van der Waals surface area contributed by atoms with Crippen LogP contribution in [-0.4, -0.2) is 36.3 Å². The molecule has 42 heavy (non-hydrogen) atoms. The molecule has 13 heteroatoms. The number of nitrogens with one attached hydrogen (secondary N) is 1. The van der Waals surface area contributed by atoms with Gasteiger partial charge in [-0.2, -0.15) is 0 Å². The summed E-state index contributed by atoms with van der Waals surface area (Å²) in [4.78, 5) is 25.8. The monoisotopic (exact) mass is 623 g/mol. The van der Waals surface area contributed by atoms with Gasteiger partial charge in [0.05, 0.1) is 0 Å². The first-order valence-corrected chi connectivity index (χ1v) is 13.2. The molecule has 1 aliphatic heterocycles. The molecular weight excluding hydrogens is 598 g/mol. The quantitative estimate of drug-likeness (QED) is 0.126. The molecule has 8 nitrogen and oxygen atoms in total. The third-order valence-electron chi connectivity index (χ3n) is 6.26. The molecule has 0 bridgehead atoms. The SMILES string of the molecule is CN(C(=O)C(N)C(=O)OCc1ccc(OC(F)(F)F)cc1)c1ccccc1COC1=Cc2cc(Cl)ccc2NC1(C)Cl. The van der Waals surface area contributed by atoms with Crippen LogP contribution in [0.15, 0.2) is 72.5 Å².